The van der Waals surface area contributed by atoms with E-state index < -0.39 is 0 Å². The Labute approximate surface area is 161 Å². The Bertz CT molecular complexity index is 1010. The Kier molecular flexibility index (Phi) is 3.85. The molecule has 5 rings (SSSR count). The normalized spacial score (nSPS) is 18.6. The van der Waals surface area contributed by atoms with Gasteiger partial charge in [0.1, 0.15) is 0 Å². The summed E-state index contributed by atoms with van der Waals surface area (Å²) >= 11 is 0. The van der Waals surface area contributed by atoms with Gasteiger partial charge in [-0.25, -0.2) is 0 Å². The molecule has 3 nitrogen and oxygen atoms in total. The second kappa shape index (κ2) is 6.26. The summed E-state index contributed by atoms with van der Waals surface area (Å²) in [7, 11) is 1.99. The maximum absolute atomic E-state index is 4.43. The topological polar surface area (TPSA) is 21.1 Å². The van der Waals surface area contributed by atoms with Crippen LogP contribution in [0.15, 0.2) is 55.2 Å². The Morgan fingerprint density at radius 1 is 1.04 bits per heavy atom. The van der Waals surface area contributed by atoms with E-state index in [1.165, 1.54) is 48.6 Å². The van der Waals surface area contributed by atoms with Crippen molar-refractivity contribution in [3.05, 3.63) is 71.9 Å². The number of hydrogen-bond acceptors (Lipinski definition) is 2. The zero-order valence-corrected chi connectivity index (χ0v) is 16.1. The summed E-state index contributed by atoms with van der Waals surface area (Å²) in [5.74, 6) is 0. The summed E-state index contributed by atoms with van der Waals surface area (Å²) < 4.78 is 1.92. The van der Waals surface area contributed by atoms with Crippen LogP contribution in [0.2, 0.25) is 0 Å². The van der Waals surface area contributed by atoms with Gasteiger partial charge in [-0.05, 0) is 66.3 Å². The number of nitrogens with zero attached hydrogens (tertiary/aromatic N) is 3. The average molecular weight is 358 g/mol. The highest BCUT2D eigenvalue weighted by molar-refractivity contribution is 5.82. The van der Waals surface area contributed by atoms with Crippen molar-refractivity contribution in [2.45, 2.75) is 32.1 Å². The number of likely N-dealkylation sites (tertiary alicyclic amines) is 1. The van der Waals surface area contributed by atoms with Crippen LogP contribution < -0.4 is 0 Å². The first kappa shape index (κ1) is 16.6. The van der Waals surface area contributed by atoms with E-state index >= 15 is 0 Å². The van der Waals surface area contributed by atoms with Gasteiger partial charge in [0, 0.05) is 31.2 Å². The quantitative estimate of drug-likeness (QED) is 0.656. The summed E-state index contributed by atoms with van der Waals surface area (Å²) in [6.45, 7) is 6.66. The number of aryl methyl sites for hydroxylation is 2. The molecule has 1 spiro atoms. The van der Waals surface area contributed by atoms with E-state index in [1.54, 1.807) is 11.1 Å². The molecule has 1 saturated heterocycles. The number of hydrogen-bond donors (Lipinski definition) is 0. The van der Waals surface area contributed by atoms with Crippen molar-refractivity contribution in [3.63, 3.8) is 0 Å². The molecule has 0 amide bonds. The molecule has 1 aromatic heterocycles. The predicted octanol–water partition coefficient (Wildman–Crippen LogP) is 4.82. The van der Waals surface area contributed by atoms with E-state index in [1.807, 2.05) is 17.9 Å². The molecular formula is C24H27N3. The van der Waals surface area contributed by atoms with Crippen molar-refractivity contribution in [1.82, 2.24) is 14.7 Å². The predicted molar refractivity (Wildman–Crippen MR) is 111 cm³/mol. The third-order valence-electron chi connectivity index (χ3n) is 6.89. The van der Waals surface area contributed by atoms with Gasteiger partial charge in [0.15, 0.2) is 0 Å². The van der Waals surface area contributed by atoms with Gasteiger partial charge in [0.05, 0.1) is 11.7 Å². The fraction of sp³-hybridized carbons (Fsp3) is 0.375. The molecule has 3 heteroatoms. The first-order valence-electron chi connectivity index (χ1n) is 10.1. The summed E-state index contributed by atoms with van der Waals surface area (Å²) in [5.41, 5.74) is 7.20. The van der Waals surface area contributed by atoms with Gasteiger partial charge in [0.25, 0.3) is 0 Å². The van der Waals surface area contributed by atoms with E-state index in [0.29, 0.717) is 5.41 Å². The second-order valence-corrected chi connectivity index (χ2v) is 8.42. The molecule has 2 heterocycles. The minimum Gasteiger partial charge on any atom is -0.371 e. The summed E-state index contributed by atoms with van der Waals surface area (Å²) in [6.07, 6.45) is 8.33. The van der Waals surface area contributed by atoms with Crippen LogP contribution in [0.4, 0.5) is 0 Å². The molecule has 138 valence electrons. The monoisotopic (exact) mass is 357 g/mol. The minimum atomic E-state index is 0.498. The highest BCUT2D eigenvalue weighted by Gasteiger charge is 2.37. The van der Waals surface area contributed by atoms with Crippen molar-refractivity contribution >= 4 is 16.6 Å². The van der Waals surface area contributed by atoms with E-state index in [2.05, 4.69) is 59.0 Å². The van der Waals surface area contributed by atoms with Crippen LogP contribution in [0.25, 0.3) is 16.6 Å². The molecule has 3 aromatic rings. The molecular weight excluding hydrogens is 330 g/mol. The first-order valence-corrected chi connectivity index (χ1v) is 10.1. The minimum absolute atomic E-state index is 0.498. The van der Waals surface area contributed by atoms with Crippen molar-refractivity contribution in [1.29, 1.82) is 0 Å². The SMILES string of the molecule is C=C(c1ccc2c(cnn2C)c1)N1CCC2(CCc3ccccc3C2)CC1. The fourth-order valence-corrected chi connectivity index (χ4v) is 5.07. The molecule has 0 radical (unpaired) electrons. The third-order valence-corrected chi connectivity index (χ3v) is 6.89. The number of rotatable bonds is 2. The Morgan fingerprint density at radius 3 is 2.63 bits per heavy atom. The molecule has 1 fully saturated rings. The molecule has 1 aliphatic heterocycles. The van der Waals surface area contributed by atoms with Crippen molar-refractivity contribution < 1.29 is 0 Å². The largest absolute Gasteiger partial charge is 0.371 e. The molecule has 2 aliphatic rings. The van der Waals surface area contributed by atoms with Crippen LogP contribution in [0.3, 0.4) is 0 Å². The molecule has 0 atom stereocenters. The van der Waals surface area contributed by atoms with E-state index in [9.17, 15) is 0 Å². The zero-order chi connectivity index (χ0) is 18.4. The number of benzene rings is 2. The molecule has 27 heavy (non-hydrogen) atoms. The number of aromatic nitrogens is 2. The van der Waals surface area contributed by atoms with Gasteiger partial charge in [-0.3, -0.25) is 4.68 Å². The summed E-state index contributed by atoms with van der Waals surface area (Å²) in [5, 5.41) is 5.55. The first-order chi connectivity index (χ1) is 13.1. The Morgan fingerprint density at radius 2 is 1.81 bits per heavy atom. The molecule has 2 aromatic carbocycles. The Hall–Kier alpha value is -2.55. The highest BCUT2D eigenvalue weighted by atomic mass is 15.2. The van der Waals surface area contributed by atoms with Gasteiger partial charge in [-0.15, -0.1) is 0 Å². The molecule has 0 unspecified atom stereocenters. The van der Waals surface area contributed by atoms with Crippen molar-refractivity contribution in [2.75, 3.05) is 13.1 Å². The molecule has 0 N–H and O–H groups in total. The number of fused-ring (bicyclic) bond motifs is 2. The van der Waals surface area contributed by atoms with Crippen LogP contribution >= 0.6 is 0 Å². The maximum atomic E-state index is 4.43. The lowest BCUT2D eigenvalue weighted by molar-refractivity contribution is 0.123. The van der Waals surface area contributed by atoms with Gasteiger partial charge in [-0.2, -0.15) is 5.10 Å². The molecule has 1 aliphatic carbocycles. The van der Waals surface area contributed by atoms with Crippen molar-refractivity contribution in [2.24, 2.45) is 12.5 Å². The lowest BCUT2D eigenvalue weighted by Gasteiger charge is -2.46. The van der Waals surface area contributed by atoms with Gasteiger partial charge < -0.3 is 4.90 Å². The van der Waals surface area contributed by atoms with E-state index in [0.717, 1.165) is 18.8 Å². The zero-order valence-electron chi connectivity index (χ0n) is 16.1. The van der Waals surface area contributed by atoms with E-state index in [-0.39, 0.29) is 0 Å². The van der Waals surface area contributed by atoms with Crippen molar-refractivity contribution in [3.8, 4) is 0 Å². The lowest BCUT2D eigenvalue weighted by Crippen LogP contribution is -2.42. The Balaban J connectivity index is 1.30. The van der Waals surface area contributed by atoms with Crippen LogP contribution in [-0.4, -0.2) is 27.8 Å². The molecule has 0 saturated carbocycles. The van der Waals surface area contributed by atoms with Gasteiger partial charge in [0.2, 0.25) is 0 Å². The third kappa shape index (κ3) is 2.86. The van der Waals surface area contributed by atoms with E-state index in [4.69, 9.17) is 0 Å². The maximum Gasteiger partial charge on any atom is 0.0679 e. The fourth-order valence-electron chi connectivity index (χ4n) is 5.07. The van der Waals surface area contributed by atoms with Gasteiger partial charge in [-0.1, -0.05) is 36.9 Å². The lowest BCUT2D eigenvalue weighted by atomic mass is 9.66. The smallest absolute Gasteiger partial charge is 0.0679 e. The number of piperidine rings is 1. The molecule has 0 bridgehead atoms. The second-order valence-electron chi connectivity index (χ2n) is 8.42. The van der Waals surface area contributed by atoms with Gasteiger partial charge >= 0.3 is 0 Å². The summed E-state index contributed by atoms with van der Waals surface area (Å²) in [4.78, 5) is 2.49. The highest BCUT2D eigenvalue weighted by Crippen LogP contribution is 2.44. The van der Waals surface area contributed by atoms with Crippen LogP contribution in [0.5, 0.6) is 0 Å². The standard InChI is InChI=1S/C24H27N3/c1-18(20-7-8-23-22(15-20)17-25-26(23)2)27-13-11-24(12-14-27)10-9-19-5-3-4-6-21(19)16-24/h3-8,15,17H,1,9-14,16H2,2H3. The summed E-state index contributed by atoms with van der Waals surface area (Å²) in [6, 6.07) is 15.6. The van der Waals surface area contributed by atoms with Crippen LogP contribution in [0.1, 0.15) is 36.0 Å². The van der Waals surface area contributed by atoms with Crippen LogP contribution in [0, 0.1) is 5.41 Å². The van der Waals surface area contributed by atoms with Crippen LogP contribution in [-0.2, 0) is 19.9 Å². The average Bonchev–Trinajstić information content (AvgIpc) is 3.08.